The maximum absolute atomic E-state index is 12.5. The second kappa shape index (κ2) is 7.44. The van der Waals surface area contributed by atoms with Crippen molar-refractivity contribution in [3.63, 3.8) is 0 Å². The second-order valence-electron chi connectivity index (χ2n) is 7.16. The first kappa shape index (κ1) is 17.7. The van der Waals surface area contributed by atoms with Crippen LogP contribution in [0.1, 0.15) is 24.8 Å². The van der Waals surface area contributed by atoms with Gasteiger partial charge >= 0.3 is 12.0 Å². The molecule has 0 aromatic heterocycles. The van der Waals surface area contributed by atoms with Gasteiger partial charge in [-0.15, -0.1) is 0 Å². The maximum Gasteiger partial charge on any atom is 0.317 e. The number of carboxylic acid groups (broad SMARTS) is 1. The summed E-state index contributed by atoms with van der Waals surface area (Å²) in [4.78, 5) is 25.9. The van der Waals surface area contributed by atoms with E-state index in [0.717, 1.165) is 24.8 Å². The van der Waals surface area contributed by atoms with E-state index < -0.39 is 11.4 Å². The number of hydrogen-bond donors (Lipinski definition) is 2. The van der Waals surface area contributed by atoms with E-state index in [2.05, 4.69) is 5.32 Å². The Balaban J connectivity index is 1.53. The standard InChI is InChI=1S/C19H26N2O4/c1-25-16(10-14-6-3-2-4-7-14)11-20-18(24)21-12-15-8-5-9-19(15,13-21)17(22)23/h2-4,6-7,15-16H,5,8-13H2,1H3,(H,20,24)(H,22,23)/t15-,16?,19+/m0/s1. The molecule has 1 aromatic rings. The summed E-state index contributed by atoms with van der Waals surface area (Å²) in [6.07, 6.45) is 3.12. The number of ether oxygens (including phenoxy) is 1. The van der Waals surface area contributed by atoms with Crippen molar-refractivity contribution < 1.29 is 19.4 Å². The molecule has 1 unspecified atom stereocenters. The molecule has 2 fully saturated rings. The Morgan fingerprint density at radius 1 is 1.40 bits per heavy atom. The van der Waals surface area contributed by atoms with E-state index in [4.69, 9.17) is 4.74 Å². The van der Waals surface area contributed by atoms with E-state index in [-0.39, 0.29) is 18.1 Å². The Labute approximate surface area is 148 Å². The number of aliphatic carboxylic acids is 1. The third-order valence-electron chi connectivity index (χ3n) is 5.70. The number of carboxylic acids is 1. The number of carbonyl (C=O) groups is 2. The first-order chi connectivity index (χ1) is 12.0. The zero-order chi connectivity index (χ0) is 17.9. The molecule has 1 aliphatic heterocycles. The average Bonchev–Trinajstić information content (AvgIpc) is 3.17. The summed E-state index contributed by atoms with van der Waals surface area (Å²) in [5.41, 5.74) is 0.423. The first-order valence-corrected chi connectivity index (χ1v) is 8.88. The van der Waals surface area contributed by atoms with Crippen LogP contribution in [-0.2, 0) is 16.0 Å². The highest BCUT2D eigenvalue weighted by Crippen LogP contribution is 2.48. The largest absolute Gasteiger partial charge is 0.481 e. The topological polar surface area (TPSA) is 78.9 Å². The smallest absolute Gasteiger partial charge is 0.317 e. The number of urea groups is 1. The number of methoxy groups -OCH3 is 1. The molecule has 0 spiro atoms. The third-order valence-corrected chi connectivity index (χ3v) is 5.70. The van der Waals surface area contributed by atoms with Crippen molar-refractivity contribution in [3.05, 3.63) is 35.9 Å². The van der Waals surface area contributed by atoms with Gasteiger partial charge in [-0.1, -0.05) is 36.8 Å². The van der Waals surface area contributed by atoms with Crippen molar-refractivity contribution in [3.8, 4) is 0 Å². The number of fused-ring (bicyclic) bond motifs is 1. The predicted molar refractivity (Wildman–Crippen MR) is 93.3 cm³/mol. The SMILES string of the molecule is COC(CNC(=O)N1C[C@@H]2CCC[C@@]2(C(=O)O)C1)Cc1ccccc1. The lowest BCUT2D eigenvalue weighted by Gasteiger charge is -2.24. The summed E-state index contributed by atoms with van der Waals surface area (Å²) in [5, 5.41) is 12.5. The number of carbonyl (C=O) groups excluding carboxylic acids is 1. The fourth-order valence-electron chi connectivity index (χ4n) is 4.22. The van der Waals surface area contributed by atoms with Crippen LogP contribution in [0.15, 0.2) is 30.3 Å². The number of likely N-dealkylation sites (tertiary alicyclic amines) is 1. The molecule has 2 aliphatic rings. The lowest BCUT2D eigenvalue weighted by Crippen LogP contribution is -2.44. The zero-order valence-electron chi connectivity index (χ0n) is 14.6. The summed E-state index contributed by atoms with van der Waals surface area (Å²) in [7, 11) is 1.64. The van der Waals surface area contributed by atoms with Gasteiger partial charge in [0.05, 0.1) is 11.5 Å². The average molecular weight is 346 g/mol. The lowest BCUT2D eigenvalue weighted by atomic mass is 9.81. The first-order valence-electron chi connectivity index (χ1n) is 8.88. The van der Waals surface area contributed by atoms with E-state index in [1.807, 2.05) is 30.3 Å². The van der Waals surface area contributed by atoms with Crippen LogP contribution in [0.25, 0.3) is 0 Å². The van der Waals surface area contributed by atoms with E-state index in [1.165, 1.54) is 0 Å². The summed E-state index contributed by atoms with van der Waals surface area (Å²) in [5.74, 6) is -0.678. The Bertz CT molecular complexity index is 621. The highest BCUT2D eigenvalue weighted by molar-refractivity contribution is 5.80. The van der Waals surface area contributed by atoms with Crippen LogP contribution in [-0.4, -0.2) is 54.9 Å². The van der Waals surface area contributed by atoms with Gasteiger partial charge in [0, 0.05) is 33.2 Å². The fourth-order valence-corrected chi connectivity index (χ4v) is 4.22. The minimum Gasteiger partial charge on any atom is -0.481 e. The molecule has 0 radical (unpaired) electrons. The number of nitrogens with zero attached hydrogens (tertiary/aromatic N) is 1. The van der Waals surface area contributed by atoms with Gasteiger partial charge in [-0.3, -0.25) is 4.79 Å². The van der Waals surface area contributed by atoms with Crippen molar-refractivity contribution in [2.24, 2.45) is 11.3 Å². The molecule has 2 N–H and O–H groups in total. The van der Waals surface area contributed by atoms with Crippen molar-refractivity contribution in [2.45, 2.75) is 31.8 Å². The van der Waals surface area contributed by atoms with Gasteiger partial charge in [-0.25, -0.2) is 4.79 Å². The van der Waals surface area contributed by atoms with Crippen LogP contribution >= 0.6 is 0 Å². The molecular formula is C19H26N2O4. The van der Waals surface area contributed by atoms with Crippen LogP contribution in [0, 0.1) is 11.3 Å². The Kier molecular flexibility index (Phi) is 5.27. The van der Waals surface area contributed by atoms with Gasteiger partial charge in [0.15, 0.2) is 0 Å². The van der Waals surface area contributed by atoms with Gasteiger partial charge < -0.3 is 20.1 Å². The molecule has 1 saturated heterocycles. The molecule has 6 heteroatoms. The van der Waals surface area contributed by atoms with E-state index in [9.17, 15) is 14.7 Å². The number of benzene rings is 1. The van der Waals surface area contributed by atoms with Gasteiger partial charge in [-0.05, 0) is 24.3 Å². The van der Waals surface area contributed by atoms with E-state index >= 15 is 0 Å². The Morgan fingerprint density at radius 3 is 2.80 bits per heavy atom. The quantitative estimate of drug-likeness (QED) is 0.827. The molecule has 1 saturated carbocycles. The molecule has 25 heavy (non-hydrogen) atoms. The molecular weight excluding hydrogens is 320 g/mol. The maximum atomic E-state index is 12.5. The van der Waals surface area contributed by atoms with Gasteiger partial charge in [0.1, 0.15) is 0 Å². The summed E-state index contributed by atoms with van der Waals surface area (Å²) >= 11 is 0. The number of hydrogen-bond acceptors (Lipinski definition) is 3. The van der Waals surface area contributed by atoms with Crippen LogP contribution in [0.2, 0.25) is 0 Å². The van der Waals surface area contributed by atoms with E-state index in [1.54, 1.807) is 12.0 Å². The molecule has 136 valence electrons. The summed E-state index contributed by atoms with van der Waals surface area (Å²) < 4.78 is 5.47. The zero-order valence-corrected chi connectivity index (χ0v) is 14.6. The van der Waals surface area contributed by atoms with Crippen LogP contribution in [0.3, 0.4) is 0 Å². The molecule has 1 heterocycles. The third kappa shape index (κ3) is 3.63. The van der Waals surface area contributed by atoms with Gasteiger partial charge in [-0.2, -0.15) is 0 Å². The van der Waals surface area contributed by atoms with Crippen molar-refractivity contribution in [1.29, 1.82) is 0 Å². The van der Waals surface area contributed by atoms with Crippen molar-refractivity contribution in [1.82, 2.24) is 10.2 Å². The van der Waals surface area contributed by atoms with Crippen molar-refractivity contribution in [2.75, 3.05) is 26.7 Å². The molecule has 6 nitrogen and oxygen atoms in total. The number of nitrogens with one attached hydrogen (secondary N) is 1. The van der Waals surface area contributed by atoms with E-state index in [0.29, 0.717) is 26.1 Å². The van der Waals surface area contributed by atoms with Crippen molar-refractivity contribution >= 4 is 12.0 Å². The predicted octanol–water partition coefficient (Wildman–Crippen LogP) is 2.14. The molecule has 1 aliphatic carbocycles. The highest BCUT2D eigenvalue weighted by atomic mass is 16.5. The Hall–Kier alpha value is -2.08. The van der Waals surface area contributed by atoms with Gasteiger partial charge in [0.25, 0.3) is 0 Å². The minimum atomic E-state index is -0.760. The summed E-state index contributed by atoms with van der Waals surface area (Å²) in [6.45, 7) is 1.26. The van der Waals surface area contributed by atoms with Gasteiger partial charge in [0.2, 0.25) is 0 Å². The monoisotopic (exact) mass is 346 g/mol. The number of amides is 2. The van der Waals surface area contributed by atoms with Crippen LogP contribution in [0.4, 0.5) is 4.79 Å². The molecule has 1 aromatic carbocycles. The minimum absolute atomic E-state index is 0.0818. The molecule has 3 atom stereocenters. The summed E-state index contributed by atoms with van der Waals surface area (Å²) in [6, 6.07) is 9.81. The van der Waals surface area contributed by atoms with Crippen LogP contribution in [0.5, 0.6) is 0 Å². The highest BCUT2D eigenvalue weighted by Gasteiger charge is 2.55. The molecule has 3 rings (SSSR count). The lowest BCUT2D eigenvalue weighted by molar-refractivity contribution is -0.149. The normalized spacial score (nSPS) is 26.3. The van der Waals surface area contributed by atoms with Crippen LogP contribution < -0.4 is 5.32 Å². The fraction of sp³-hybridized carbons (Fsp3) is 0.579. The molecule has 2 amide bonds. The number of rotatable bonds is 6. The Morgan fingerprint density at radius 2 is 2.16 bits per heavy atom. The molecule has 0 bridgehead atoms. The second-order valence-corrected chi connectivity index (χ2v) is 7.16.